The molecule has 1 amide bonds. The van der Waals surface area contributed by atoms with Crippen molar-refractivity contribution >= 4 is 16.7 Å². The number of carbonyl (C=O) groups is 1. The molecule has 0 radical (unpaired) electrons. The summed E-state index contributed by atoms with van der Waals surface area (Å²) in [4.78, 5) is 11.7. The molecule has 6 heteroatoms. The van der Waals surface area contributed by atoms with Gasteiger partial charge >= 0.3 is 6.18 Å². The Kier molecular flexibility index (Phi) is 3.83. The fourth-order valence-electron chi connectivity index (χ4n) is 3.32. The lowest BCUT2D eigenvalue weighted by atomic mass is 9.94. The molecule has 1 N–H and O–H groups in total. The molecular weight excluding hydrogens is 317 g/mol. The third kappa shape index (κ3) is 2.86. The van der Waals surface area contributed by atoms with Crippen molar-refractivity contribution < 1.29 is 18.0 Å². The Labute approximate surface area is 138 Å². The molecule has 1 fully saturated rings. The Morgan fingerprint density at radius 1 is 1.21 bits per heavy atom. The zero-order chi connectivity index (χ0) is 17.7. The van der Waals surface area contributed by atoms with Gasteiger partial charge in [-0.15, -0.1) is 0 Å². The van der Waals surface area contributed by atoms with Crippen LogP contribution in [0, 0.1) is 6.92 Å². The standard InChI is InChI=1S/C18H19F3N2O/c1-11-5-4-6-12-7-8-13(9-14(11)12)16(18(19,20)21)23-17(2,3)10-15(24)22-23/h4-9,16H,10H2,1-3H3,(H,22,24)/t16-/m0/s1. The maximum absolute atomic E-state index is 13.8. The Bertz CT molecular complexity index is 798. The van der Waals surface area contributed by atoms with Crippen molar-refractivity contribution in [1.29, 1.82) is 0 Å². The highest BCUT2D eigenvalue weighted by Crippen LogP contribution is 2.43. The maximum atomic E-state index is 13.8. The molecule has 0 aliphatic carbocycles. The van der Waals surface area contributed by atoms with Gasteiger partial charge in [-0.2, -0.15) is 18.2 Å². The van der Waals surface area contributed by atoms with E-state index in [1.54, 1.807) is 26.0 Å². The molecule has 2 aromatic carbocycles. The Morgan fingerprint density at radius 2 is 1.92 bits per heavy atom. The predicted octanol–water partition coefficient (Wildman–Crippen LogP) is 4.27. The zero-order valence-electron chi connectivity index (χ0n) is 13.7. The summed E-state index contributed by atoms with van der Waals surface area (Å²) in [5.74, 6) is -0.397. The molecule has 1 aliphatic heterocycles. The van der Waals surface area contributed by atoms with Gasteiger partial charge in [0.25, 0.3) is 0 Å². The predicted molar refractivity (Wildman–Crippen MR) is 86.2 cm³/mol. The minimum atomic E-state index is -4.51. The summed E-state index contributed by atoms with van der Waals surface area (Å²) < 4.78 is 41.5. The van der Waals surface area contributed by atoms with Crippen LogP contribution in [0.15, 0.2) is 36.4 Å². The first-order valence-electron chi connectivity index (χ1n) is 7.74. The molecular formula is C18H19F3N2O. The Hall–Kier alpha value is -2.08. The Morgan fingerprint density at radius 3 is 2.50 bits per heavy atom. The van der Waals surface area contributed by atoms with E-state index in [4.69, 9.17) is 0 Å². The van der Waals surface area contributed by atoms with E-state index in [1.807, 2.05) is 25.1 Å². The van der Waals surface area contributed by atoms with E-state index in [-0.39, 0.29) is 12.0 Å². The molecule has 1 heterocycles. The minimum absolute atomic E-state index is 0.0339. The number of benzene rings is 2. The summed E-state index contributed by atoms with van der Waals surface area (Å²) in [6.45, 7) is 5.14. The summed E-state index contributed by atoms with van der Waals surface area (Å²) in [5.41, 5.74) is 2.51. The van der Waals surface area contributed by atoms with Crippen LogP contribution in [0.3, 0.4) is 0 Å². The SMILES string of the molecule is Cc1cccc2ccc([C@H](N3NC(=O)CC3(C)C)C(F)(F)F)cc12. The minimum Gasteiger partial charge on any atom is -0.287 e. The number of hydrogen-bond acceptors (Lipinski definition) is 2. The highest BCUT2D eigenvalue weighted by molar-refractivity contribution is 5.86. The number of nitrogens with one attached hydrogen (secondary N) is 1. The third-order valence-electron chi connectivity index (χ3n) is 4.50. The van der Waals surface area contributed by atoms with Crippen LogP contribution in [-0.2, 0) is 4.79 Å². The molecule has 128 valence electrons. The van der Waals surface area contributed by atoms with Crippen LogP contribution in [0.5, 0.6) is 0 Å². The molecule has 3 rings (SSSR count). The van der Waals surface area contributed by atoms with E-state index in [9.17, 15) is 18.0 Å². The summed E-state index contributed by atoms with van der Waals surface area (Å²) in [7, 11) is 0. The van der Waals surface area contributed by atoms with Gasteiger partial charge in [-0.05, 0) is 48.7 Å². The van der Waals surface area contributed by atoms with Crippen LogP contribution in [0.1, 0.15) is 37.4 Å². The second-order valence-corrected chi connectivity index (χ2v) is 6.89. The van der Waals surface area contributed by atoms with Crippen LogP contribution in [0.25, 0.3) is 10.8 Å². The largest absolute Gasteiger partial charge is 0.409 e. The monoisotopic (exact) mass is 336 g/mol. The van der Waals surface area contributed by atoms with Crippen LogP contribution >= 0.6 is 0 Å². The Balaban J connectivity index is 2.14. The molecule has 0 bridgehead atoms. The fourth-order valence-corrected chi connectivity index (χ4v) is 3.32. The quantitative estimate of drug-likeness (QED) is 0.888. The molecule has 0 spiro atoms. The zero-order valence-corrected chi connectivity index (χ0v) is 13.7. The van der Waals surface area contributed by atoms with Gasteiger partial charge in [0.2, 0.25) is 5.91 Å². The summed E-state index contributed by atoms with van der Waals surface area (Å²) >= 11 is 0. The van der Waals surface area contributed by atoms with Crippen molar-refractivity contribution in [3.8, 4) is 0 Å². The van der Waals surface area contributed by atoms with Gasteiger partial charge in [-0.1, -0.05) is 30.3 Å². The van der Waals surface area contributed by atoms with Crippen LogP contribution in [0.2, 0.25) is 0 Å². The first-order valence-corrected chi connectivity index (χ1v) is 7.74. The van der Waals surface area contributed by atoms with Crippen molar-refractivity contribution in [2.75, 3.05) is 0 Å². The van der Waals surface area contributed by atoms with Crippen molar-refractivity contribution in [1.82, 2.24) is 10.4 Å². The van der Waals surface area contributed by atoms with Crippen LogP contribution < -0.4 is 5.43 Å². The highest BCUT2D eigenvalue weighted by atomic mass is 19.4. The van der Waals surface area contributed by atoms with Gasteiger partial charge < -0.3 is 0 Å². The first kappa shape index (κ1) is 16.8. The molecule has 0 aromatic heterocycles. The van der Waals surface area contributed by atoms with E-state index < -0.39 is 23.7 Å². The van der Waals surface area contributed by atoms with Gasteiger partial charge in [0.15, 0.2) is 6.04 Å². The molecule has 0 saturated carbocycles. The smallest absolute Gasteiger partial charge is 0.287 e. The van der Waals surface area contributed by atoms with Crippen LogP contribution in [0.4, 0.5) is 13.2 Å². The highest BCUT2D eigenvalue weighted by Gasteiger charge is 2.52. The average molecular weight is 336 g/mol. The number of fused-ring (bicyclic) bond motifs is 1. The van der Waals surface area contributed by atoms with Gasteiger partial charge in [0.05, 0.1) is 0 Å². The summed E-state index contributed by atoms with van der Waals surface area (Å²) in [6, 6.07) is 8.49. The van der Waals surface area contributed by atoms with Crippen molar-refractivity contribution in [2.24, 2.45) is 0 Å². The maximum Gasteiger partial charge on any atom is 0.409 e. The molecule has 24 heavy (non-hydrogen) atoms. The van der Waals surface area contributed by atoms with Gasteiger partial charge in [-0.25, -0.2) is 0 Å². The van der Waals surface area contributed by atoms with Crippen LogP contribution in [-0.4, -0.2) is 22.6 Å². The third-order valence-corrected chi connectivity index (χ3v) is 4.50. The molecule has 3 nitrogen and oxygen atoms in total. The topological polar surface area (TPSA) is 32.3 Å². The number of rotatable bonds is 2. The number of aryl methyl sites for hydroxylation is 1. The van der Waals surface area contributed by atoms with E-state index in [0.29, 0.717) is 0 Å². The first-order chi connectivity index (χ1) is 11.1. The molecule has 1 aliphatic rings. The lowest BCUT2D eigenvalue weighted by molar-refractivity contribution is -0.203. The number of hydrogen-bond donors (Lipinski definition) is 1. The normalized spacial score (nSPS) is 19.5. The number of carbonyl (C=O) groups excluding carboxylic acids is 1. The van der Waals surface area contributed by atoms with Crippen molar-refractivity contribution in [3.63, 3.8) is 0 Å². The average Bonchev–Trinajstić information content (AvgIpc) is 2.71. The lowest BCUT2D eigenvalue weighted by Crippen LogP contribution is -2.51. The molecule has 1 saturated heterocycles. The van der Waals surface area contributed by atoms with Gasteiger partial charge in [0.1, 0.15) is 0 Å². The number of nitrogens with zero attached hydrogens (tertiary/aromatic N) is 1. The number of hydrazine groups is 1. The molecule has 2 aromatic rings. The summed E-state index contributed by atoms with van der Waals surface area (Å²) in [5, 5.41) is 2.71. The second-order valence-electron chi connectivity index (χ2n) is 6.89. The number of alkyl halides is 3. The van der Waals surface area contributed by atoms with E-state index in [1.165, 1.54) is 6.07 Å². The number of amides is 1. The van der Waals surface area contributed by atoms with E-state index in [2.05, 4.69) is 5.43 Å². The summed E-state index contributed by atoms with van der Waals surface area (Å²) in [6.07, 6.45) is -4.47. The molecule has 0 unspecified atom stereocenters. The van der Waals surface area contributed by atoms with E-state index in [0.717, 1.165) is 21.3 Å². The van der Waals surface area contributed by atoms with E-state index >= 15 is 0 Å². The van der Waals surface area contributed by atoms with Crippen molar-refractivity contribution in [3.05, 3.63) is 47.5 Å². The van der Waals surface area contributed by atoms with Gasteiger partial charge in [-0.3, -0.25) is 10.2 Å². The fraction of sp³-hybridized carbons (Fsp3) is 0.389. The molecule has 1 atom stereocenters. The number of halogens is 3. The lowest BCUT2D eigenvalue weighted by Gasteiger charge is -2.38. The second kappa shape index (κ2) is 5.48. The van der Waals surface area contributed by atoms with Crippen molar-refractivity contribution in [2.45, 2.75) is 44.9 Å². The van der Waals surface area contributed by atoms with Gasteiger partial charge in [0, 0.05) is 12.0 Å².